The van der Waals surface area contributed by atoms with Gasteiger partial charge in [0.15, 0.2) is 23.4 Å². The van der Waals surface area contributed by atoms with Gasteiger partial charge in [-0.25, -0.2) is 9.88 Å². The molecule has 3 rings (SSSR count). The summed E-state index contributed by atoms with van der Waals surface area (Å²) in [6.07, 6.45) is 2.24. The number of nitrogen functional groups attached to an aromatic ring is 1. The highest BCUT2D eigenvalue weighted by Crippen LogP contribution is 2.48. The number of nitrogens with zero attached hydrogens (tertiary/aromatic N) is 3. The summed E-state index contributed by atoms with van der Waals surface area (Å²) in [5.41, 5.74) is 4.74. The zero-order valence-electron chi connectivity index (χ0n) is 17.4. The van der Waals surface area contributed by atoms with Crippen molar-refractivity contribution in [3.8, 4) is 0 Å². The van der Waals surface area contributed by atoms with Crippen LogP contribution in [-0.4, -0.2) is 96.2 Å². The minimum atomic E-state index is -1.20. The van der Waals surface area contributed by atoms with Gasteiger partial charge < -0.3 is 30.5 Å². The van der Waals surface area contributed by atoms with Gasteiger partial charge in [0.1, 0.15) is 19.1 Å². The van der Waals surface area contributed by atoms with Gasteiger partial charge in [0.05, 0.1) is 23.1 Å². The minimum absolute atomic E-state index is 0.144. The molecule has 2 fully saturated rings. The van der Waals surface area contributed by atoms with Crippen LogP contribution in [0.15, 0.2) is 10.5 Å². The lowest BCUT2D eigenvalue weighted by atomic mass is 10.1. The lowest BCUT2D eigenvalue weighted by molar-refractivity contribution is -0.167. The van der Waals surface area contributed by atoms with Crippen molar-refractivity contribution in [2.45, 2.75) is 28.8 Å². The summed E-state index contributed by atoms with van der Waals surface area (Å²) in [6.45, 7) is 0. The van der Waals surface area contributed by atoms with Crippen LogP contribution in [0.3, 0.4) is 0 Å². The van der Waals surface area contributed by atoms with Crippen LogP contribution in [0, 0.1) is 0 Å². The van der Waals surface area contributed by atoms with Gasteiger partial charge in [-0.2, -0.15) is 0 Å². The Morgan fingerprint density at radius 1 is 1.52 bits per heavy atom. The number of carbonyl (C=O) groups is 4. The molecule has 2 saturated heterocycles. The van der Waals surface area contributed by atoms with E-state index in [4.69, 9.17) is 15.6 Å². The second kappa shape index (κ2) is 12.5. The first-order chi connectivity index (χ1) is 14.9. The van der Waals surface area contributed by atoms with Crippen molar-refractivity contribution in [3.05, 3.63) is 11.1 Å². The number of aliphatic hydroxyl groups is 1. The Kier molecular flexibility index (Phi) is 10.7. The topological polar surface area (TPSA) is 174 Å². The number of nitrogens with one attached hydrogen (secondary N) is 1. The molecule has 0 aromatic carbocycles. The maximum Gasteiger partial charge on any atom is 0.309 e. The maximum absolute atomic E-state index is 11.3. The number of thioether (sulfide) groups is 1. The zero-order valence-corrected chi connectivity index (χ0v) is 19.0. The molecule has 4 unspecified atom stereocenters. The second-order valence-electron chi connectivity index (χ2n) is 5.97. The van der Waals surface area contributed by atoms with E-state index in [0.29, 0.717) is 23.4 Å². The number of fused-ring (bicyclic) bond motifs is 1. The molecule has 0 aliphatic carbocycles. The quantitative estimate of drug-likeness (QED) is 0.188. The lowest BCUT2D eigenvalue weighted by Crippen LogP contribution is -2.54. The number of hydrogen-bond donors (Lipinski definition) is 3. The highest BCUT2D eigenvalue weighted by molar-refractivity contribution is 8.01. The Labute approximate surface area is 187 Å². The molecule has 14 heteroatoms. The summed E-state index contributed by atoms with van der Waals surface area (Å²) in [7, 11) is 5.74. The molecule has 0 bridgehead atoms. The molecule has 3 heterocycles. The molecule has 2 aliphatic rings. The predicted octanol–water partition coefficient (Wildman–Crippen LogP) is -1.13. The number of carbonyl (C=O) groups excluding carboxylic acids is 4. The van der Waals surface area contributed by atoms with E-state index in [1.165, 1.54) is 30.2 Å². The summed E-state index contributed by atoms with van der Waals surface area (Å²) in [6, 6.07) is -0.397. The van der Waals surface area contributed by atoms with E-state index in [1.54, 1.807) is 24.4 Å². The highest BCUT2D eigenvalue weighted by atomic mass is 32.2. The van der Waals surface area contributed by atoms with Gasteiger partial charge in [-0.05, 0) is 14.1 Å². The highest BCUT2D eigenvalue weighted by Gasteiger charge is 2.61. The number of rotatable bonds is 7. The molecule has 0 amide bonds. The molecule has 0 spiro atoms. The molecule has 0 radical (unpaired) electrons. The number of esters is 1. The number of nitrogens with two attached hydrogens (primary N) is 1. The summed E-state index contributed by atoms with van der Waals surface area (Å²) >= 11 is 2.67. The van der Waals surface area contributed by atoms with Crippen molar-refractivity contribution in [1.82, 2.24) is 15.2 Å². The van der Waals surface area contributed by atoms with Gasteiger partial charge in [-0.1, -0.05) is 5.16 Å². The second-order valence-corrected chi connectivity index (χ2v) is 8.19. The molecule has 31 heavy (non-hydrogen) atoms. The first-order valence-electron chi connectivity index (χ1n) is 8.78. The third kappa shape index (κ3) is 5.86. The molecule has 1 aromatic heterocycles. The van der Waals surface area contributed by atoms with Crippen LogP contribution in [-0.2, 0) is 28.8 Å². The molecule has 172 valence electrons. The number of ether oxygens (including phenoxy) is 1. The first-order valence-corrected chi connectivity index (χ1v) is 10.6. The number of anilines is 1. The van der Waals surface area contributed by atoms with E-state index < -0.39 is 11.8 Å². The Morgan fingerprint density at radius 2 is 2.19 bits per heavy atom. The largest absolute Gasteiger partial charge is 0.435 e. The van der Waals surface area contributed by atoms with Crippen LogP contribution in [0.4, 0.5) is 5.13 Å². The van der Waals surface area contributed by atoms with E-state index in [-0.39, 0.29) is 28.7 Å². The SMILES string of the molecule is CNC(C=O)C1SC2CC(=O)OC2(C=O)N1C.CO.CO/N=C(\C=O)c1csc(N)n1. The van der Waals surface area contributed by atoms with Crippen molar-refractivity contribution in [2.24, 2.45) is 5.16 Å². The average molecular weight is 476 g/mol. The molecular formula is C17H25N5O7S2. The van der Waals surface area contributed by atoms with Crippen LogP contribution in [0.1, 0.15) is 12.1 Å². The summed E-state index contributed by atoms with van der Waals surface area (Å²) in [5.74, 6) is -0.369. The Bertz CT molecular complexity index is 806. The predicted molar refractivity (Wildman–Crippen MR) is 116 cm³/mol. The Morgan fingerprint density at radius 3 is 2.61 bits per heavy atom. The van der Waals surface area contributed by atoms with Crippen molar-refractivity contribution < 1.29 is 33.9 Å². The van der Waals surface area contributed by atoms with Gasteiger partial charge in [-0.15, -0.1) is 23.1 Å². The number of aliphatic hydroxyl groups excluding tert-OH is 1. The van der Waals surface area contributed by atoms with E-state index in [1.807, 2.05) is 0 Å². The van der Waals surface area contributed by atoms with Gasteiger partial charge in [-0.3, -0.25) is 14.4 Å². The molecule has 4 N–H and O–H groups in total. The van der Waals surface area contributed by atoms with Crippen molar-refractivity contribution in [1.29, 1.82) is 0 Å². The van der Waals surface area contributed by atoms with Crippen molar-refractivity contribution >= 4 is 58.8 Å². The van der Waals surface area contributed by atoms with Gasteiger partial charge in [0.2, 0.25) is 5.72 Å². The molecule has 0 saturated carbocycles. The monoisotopic (exact) mass is 475 g/mol. The fourth-order valence-corrected chi connectivity index (χ4v) is 5.22. The Hall–Kier alpha value is -2.39. The molecule has 4 atom stereocenters. The van der Waals surface area contributed by atoms with E-state index >= 15 is 0 Å². The number of likely N-dealkylation sites (N-methyl/N-ethyl adjacent to an activating group) is 2. The van der Waals surface area contributed by atoms with Gasteiger partial charge in [0.25, 0.3) is 0 Å². The van der Waals surface area contributed by atoms with Gasteiger partial charge in [0, 0.05) is 12.5 Å². The third-order valence-electron chi connectivity index (χ3n) is 4.37. The summed E-state index contributed by atoms with van der Waals surface area (Å²) < 4.78 is 5.16. The smallest absolute Gasteiger partial charge is 0.309 e. The van der Waals surface area contributed by atoms with Crippen LogP contribution in [0.5, 0.6) is 0 Å². The molecular weight excluding hydrogens is 450 g/mol. The summed E-state index contributed by atoms with van der Waals surface area (Å²) in [5, 5.41) is 14.9. The number of thiazole rings is 1. The fraction of sp³-hybridized carbons (Fsp3) is 0.529. The van der Waals surface area contributed by atoms with Crippen molar-refractivity contribution in [3.63, 3.8) is 0 Å². The lowest BCUT2D eigenvalue weighted by Gasteiger charge is -2.32. The molecule has 12 nitrogen and oxygen atoms in total. The van der Waals surface area contributed by atoms with Crippen LogP contribution in [0.2, 0.25) is 0 Å². The third-order valence-corrected chi connectivity index (χ3v) is 6.76. The van der Waals surface area contributed by atoms with Crippen LogP contribution >= 0.6 is 23.1 Å². The first kappa shape index (κ1) is 26.6. The molecule has 2 aliphatic heterocycles. The maximum atomic E-state index is 11.3. The summed E-state index contributed by atoms with van der Waals surface area (Å²) in [4.78, 5) is 53.9. The minimum Gasteiger partial charge on any atom is -0.435 e. The standard InChI is InChI=1S/C10H14N2O4S.C6H7N3O2S.CH4O/c1-11-6(4-13)9-12(2)10(5-14)7(17-9)3-8(15)16-10;1-11-9-4(2-10)5-3-12-6(7)8-5;1-2/h4-7,9,11H,3H2,1-2H3;2-3H,1H3,(H2,7,8);2H,1H3/b;9-4+;. The normalized spacial score (nSPS) is 25.7. The van der Waals surface area contributed by atoms with Gasteiger partial charge >= 0.3 is 5.97 Å². The van der Waals surface area contributed by atoms with Crippen LogP contribution in [0.25, 0.3) is 0 Å². The van der Waals surface area contributed by atoms with E-state index in [2.05, 4.69) is 20.3 Å². The van der Waals surface area contributed by atoms with E-state index in [9.17, 15) is 19.2 Å². The average Bonchev–Trinajstić information content (AvgIpc) is 3.43. The van der Waals surface area contributed by atoms with E-state index in [0.717, 1.165) is 13.4 Å². The molecule has 1 aromatic rings. The Balaban J connectivity index is 0.000000303. The number of hydrogen-bond acceptors (Lipinski definition) is 14. The fourth-order valence-electron chi connectivity index (χ4n) is 2.91. The van der Waals surface area contributed by atoms with Crippen molar-refractivity contribution in [2.75, 3.05) is 34.0 Å². The number of aromatic nitrogens is 1. The number of aldehydes is 3. The number of oxime groups is 1. The van der Waals surface area contributed by atoms with Crippen LogP contribution < -0.4 is 11.1 Å². The zero-order chi connectivity index (χ0) is 23.6.